The van der Waals surface area contributed by atoms with Gasteiger partial charge in [-0.1, -0.05) is 13.8 Å². The van der Waals surface area contributed by atoms with E-state index < -0.39 is 35.9 Å². The van der Waals surface area contributed by atoms with E-state index in [4.69, 9.17) is 10.8 Å². The van der Waals surface area contributed by atoms with Gasteiger partial charge in [0.2, 0.25) is 17.7 Å². The molecule has 0 aliphatic heterocycles. The summed E-state index contributed by atoms with van der Waals surface area (Å²) in [6.45, 7) is 4.72. The molecule has 0 saturated heterocycles. The van der Waals surface area contributed by atoms with Gasteiger partial charge in [0.15, 0.2) is 0 Å². The number of hydrogen-bond acceptors (Lipinski definition) is 5. The van der Waals surface area contributed by atoms with E-state index in [1.807, 2.05) is 13.8 Å². The van der Waals surface area contributed by atoms with E-state index in [2.05, 4.69) is 10.6 Å². The third kappa shape index (κ3) is 7.62. The molecule has 3 atom stereocenters. The fraction of sp³-hybridized carbons (Fsp3) is 0.769. The molecule has 0 heterocycles. The molecule has 0 aliphatic rings. The minimum Gasteiger partial charge on any atom is -0.396 e. The molecule has 0 saturated carbocycles. The molecule has 0 rings (SSSR count). The molecule has 0 aliphatic carbocycles. The summed E-state index contributed by atoms with van der Waals surface area (Å²) in [6.07, 6.45) is -0.972. The lowest BCUT2D eigenvalue weighted by atomic mass is 10.0. The normalized spacial score (nSPS) is 15.1. The summed E-state index contributed by atoms with van der Waals surface area (Å²) in [4.78, 5) is 34.8. The number of primary amides is 1. The Balaban J connectivity index is 4.79. The maximum absolute atomic E-state index is 12.1. The minimum absolute atomic E-state index is 0.136. The van der Waals surface area contributed by atoms with E-state index in [1.165, 1.54) is 6.92 Å². The zero-order chi connectivity index (χ0) is 16.6. The molecule has 8 heteroatoms. The molecule has 8 nitrogen and oxygen atoms in total. The molecule has 0 aromatic heterocycles. The highest BCUT2D eigenvalue weighted by atomic mass is 16.3. The van der Waals surface area contributed by atoms with Crippen molar-refractivity contribution in [2.45, 2.75) is 51.8 Å². The Morgan fingerprint density at radius 3 is 2.10 bits per heavy atom. The molecule has 0 aromatic carbocycles. The van der Waals surface area contributed by atoms with Gasteiger partial charge in [0, 0.05) is 6.42 Å². The third-order valence-corrected chi connectivity index (χ3v) is 2.79. The first-order valence-corrected chi connectivity index (χ1v) is 6.87. The van der Waals surface area contributed by atoms with Gasteiger partial charge in [-0.3, -0.25) is 14.4 Å². The lowest BCUT2D eigenvalue weighted by Gasteiger charge is -2.24. The lowest BCUT2D eigenvalue weighted by Crippen LogP contribution is -2.56. The highest BCUT2D eigenvalue weighted by Crippen LogP contribution is 2.05. The van der Waals surface area contributed by atoms with E-state index in [1.54, 1.807) is 0 Å². The van der Waals surface area contributed by atoms with Crippen molar-refractivity contribution in [2.24, 2.45) is 11.7 Å². The number of nitrogens with two attached hydrogens (primary N) is 1. The molecule has 0 unspecified atom stereocenters. The molecule has 0 fully saturated rings. The maximum Gasteiger partial charge on any atom is 0.245 e. The summed E-state index contributed by atoms with van der Waals surface area (Å²) >= 11 is 0. The van der Waals surface area contributed by atoms with Crippen LogP contribution in [0.1, 0.15) is 33.6 Å². The van der Waals surface area contributed by atoms with Gasteiger partial charge in [-0.05, 0) is 19.3 Å². The van der Waals surface area contributed by atoms with Crippen LogP contribution in [0.5, 0.6) is 0 Å². The molecule has 0 aromatic rings. The largest absolute Gasteiger partial charge is 0.396 e. The molecule has 122 valence electrons. The highest BCUT2D eigenvalue weighted by Gasteiger charge is 2.29. The Hall–Kier alpha value is -1.67. The Kier molecular flexibility index (Phi) is 8.56. The van der Waals surface area contributed by atoms with Crippen LogP contribution >= 0.6 is 0 Å². The molecule has 0 bridgehead atoms. The van der Waals surface area contributed by atoms with Crippen molar-refractivity contribution in [3.05, 3.63) is 0 Å². The molecular formula is C13H25N3O5. The third-order valence-electron chi connectivity index (χ3n) is 2.79. The van der Waals surface area contributed by atoms with Crippen LogP contribution in [0.15, 0.2) is 0 Å². The van der Waals surface area contributed by atoms with Gasteiger partial charge >= 0.3 is 0 Å². The summed E-state index contributed by atoms with van der Waals surface area (Å²) in [6, 6.07) is -2.08. The monoisotopic (exact) mass is 303 g/mol. The van der Waals surface area contributed by atoms with Crippen LogP contribution in [0.25, 0.3) is 0 Å². The van der Waals surface area contributed by atoms with Crippen LogP contribution in [0, 0.1) is 5.92 Å². The molecule has 3 amide bonds. The fourth-order valence-corrected chi connectivity index (χ4v) is 1.73. The molecular weight excluding hydrogens is 278 g/mol. The van der Waals surface area contributed by atoms with Crippen LogP contribution in [0.4, 0.5) is 0 Å². The van der Waals surface area contributed by atoms with E-state index in [0.29, 0.717) is 6.42 Å². The predicted octanol–water partition coefficient (Wildman–Crippen LogP) is -1.75. The van der Waals surface area contributed by atoms with E-state index >= 15 is 0 Å². The minimum atomic E-state index is -1.21. The van der Waals surface area contributed by atoms with Crippen molar-refractivity contribution in [3.8, 4) is 0 Å². The maximum atomic E-state index is 12.1. The Labute approximate surface area is 124 Å². The standard InChI is InChI=1S/C13H25N3O5/c1-7(2)6-9(12(14)20)15-13(21)11(8(3)18)16-10(19)4-5-17/h7-9,11,17-18H,4-6H2,1-3H3,(H2,14,20)(H,15,21)(H,16,19)/t8-,9+,11+/m1/s1. The first-order chi connectivity index (χ1) is 9.68. The van der Waals surface area contributed by atoms with Crippen LogP contribution in [0.3, 0.4) is 0 Å². The Bertz CT molecular complexity index is 371. The van der Waals surface area contributed by atoms with Gasteiger partial charge in [0.1, 0.15) is 12.1 Å². The summed E-state index contributed by atoms with van der Waals surface area (Å²) < 4.78 is 0. The topological polar surface area (TPSA) is 142 Å². The SMILES string of the molecule is CC(C)C[C@H](NC(=O)[C@@H](NC(=O)CCO)[C@@H](C)O)C(N)=O. The second kappa shape index (κ2) is 9.30. The van der Waals surface area contributed by atoms with Crippen LogP contribution in [-0.4, -0.2) is 52.7 Å². The fourth-order valence-electron chi connectivity index (χ4n) is 1.73. The molecule has 6 N–H and O–H groups in total. The number of carbonyl (C=O) groups is 3. The zero-order valence-corrected chi connectivity index (χ0v) is 12.6. The first kappa shape index (κ1) is 19.3. The summed E-state index contributed by atoms with van der Waals surface area (Å²) in [5, 5.41) is 23.0. The quantitative estimate of drug-likeness (QED) is 0.343. The van der Waals surface area contributed by atoms with Crippen LogP contribution < -0.4 is 16.4 Å². The van der Waals surface area contributed by atoms with Crippen molar-refractivity contribution < 1.29 is 24.6 Å². The van der Waals surface area contributed by atoms with Crippen LogP contribution in [-0.2, 0) is 14.4 Å². The van der Waals surface area contributed by atoms with Gasteiger partial charge in [-0.25, -0.2) is 0 Å². The van der Waals surface area contributed by atoms with E-state index in [0.717, 1.165) is 0 Å². The first-order valence-electron chi connectivity index (χ1n) is 6.87. The van der Waals surface area contributed by atoms with E-state index in [9.17, 15) is 19.5 Å². The summed E-state index contributed by atoms with van der Waals surface area (Å²) in [5.41, 5.74) is 5.22. The van der Waals surface area contributed by atoms with Gasteiger partial charge in [0.25, 0.3) is 0 Å². The van der Waals surface area contributed by atoms with Crippen LogP contribution in [0.2, 0.25) is 0 Å². The lowest BCUT2D eigenvalue weighted by molar-refractivity contribution is -0.134. The Morgan fingerprint density at radius 2 is 1.71 bits per heavy atom. The van der Waals surface area contributed by atoms with E-state index in [-0.39, 0.29) is 18.9 Å². The number of nitrogens with one attached hydrogen (secondary N) is 2. The average Bonchev–Trinajstić information content (AvgIpc) is 2.34. The molecule has 0 radical (unpaired) electrons. The van der Waals surface area contributed by atoms with Crippen molar-refractivity contribution in [2.75, 3.05) is 6.61 Å². The van der Waals surface area contributed by atoms with Gasteiger partial charge in [-0.2, -0.15) is 0 Å². The number of amides is 3. The van der Waals surface area contributed by atoms with Crippen molar-refractivity contribution in [1.29, 1.82) is 0 Å². The number of hydrogen-bond donors (Lipinski definition) is 5. The van der Waals surface area contributed by atoms with Gasteiger partial charge in [-0.15, -0.1) is 0 Å². The zero-order valence-electron chi connectivity index (χ0n) is 12.6. The van der Waals surface area contributed by atoms with Crippen molar-refractivity contribution >= 4 is 17.7 Å². The number of aliphatic hydroxyl groups is 2. The predicted molar refractivity (Wildman–Crippen MR) is 75.9 cm³/mol. The highest BCUT2D eigenvalue weighted by molar-refractivity contribution is 5.91. The van der Waals surface area contributed by atoms with Crippen molar-refractivity contribution in [1.82, 2.24) is 10.6 Å². The molecule has 0 spiro atoms. The molecule has 21 heavy (non-hydrogen) atoms. The van der Waals surface area contributed by atoms with Gasteiger partial charge in [0.05, 0.1) is 12.7 Å². The summed E-state index contributed by atoms with van der Waals surface area (Å²) in [5.74, 6) is -1.81. The summed E-state index contributed by atoms with van der Waals surface area (Å²) in [7, 11) is 0. The Morgan fingerprint density at radius 1 is 1.14 bits per heavy atom. The second-order valence-electron chi connectivity index (χ2n) is 5.35. The van der Waals surface area contributed by atoms with Crippen molar-refractivity contribution in [3.63, 3.8) is 0 Å². The smallest absolute Gasteiger partial charge is 0.245 e. The van der Waals surface area contributed by atoms with Gasteiger partial charge < -0.3 is 26.6 Å². The second-order valence-corrected chi connectivity index (χ2v) is 5.35. The number of carbonyl (C=O) groups excluding carboxylic acids is 3. The number of aliphatic hydroxyl groups excluding tert-OH is 2. The average molecular weight is 303 g/mol. The number of rotatable bonds is 9.